The van der Waals surface area contributed by atoms with Crippen LogP contribution in [0.15, 0.2) is 54.6 Å². The zero-order valence-corrected chi connectivity index (χ0v) is 16.8. The van der Waals surface area contributed by atoms with Crippen LogP contribution < -0.4 is 10.6 Å². The molecule has 0 aliphatic carbocycles. The Kier molecular flexibility index (Phi) is 9.42. The van der Waals surface area contributed by atoms with Crippen molar-refractivity contribution in [3.63, 3.8) is 0 Å². The molecule has 29 heavy (non-hydrogen) atoms. The molecule has 2 rings (SSSR count). The summed E-state index contributed by atoms with van der Waals surface area (Å²) in [5.74, 6) is -0.497. The Morgan fingerprint density at radius 2 is 1.41 bits per heavy atom. The molecule has 0 aliphatic heterocycles. The molecule has 0 saturated heterocycles. The summed E-state index contributed by atoms with van der Waals surface area (Å²) in [5.41, 5.74) is 2.55. The molecule has 0 atom stereocenters. The van der Waals surface area contributed by atoms with Crippen molar-refractivity contribution in [2.75, 3.05) is 17.2 Å². The quantitative estimate of drug-likeness (QED) is 0.438. The van der Waals surface area contributed by atoms with E-state index in [1.54, 1.807) is 31.2 Å². The number of rotatable bonds is 11. The van der Waals surface area contributed by atoms with Crippen molar-refractivity contribution >= 4 is 29.2 Å². The number of carbonyl (C=O) groups is 3. The molecule has 2 N–H and O–H groups in total. The van der Waals surface area contributed by atoms with Crippen LogP contribution in [-0.2, 0) is 25.5 Å². The van der Waals surface area contributed by atoms with Gasteiger partial charge in [0.1, 0.15) is 0 Å². The van der Waals surface area contributed by atoms with Crippen LogP contribution in [0.3, 0.4) is 0 Å². The summed E-state index contributed by atoms with van der Waals surface area (Å²) in [4.78, 5) is 35.1. The van der Waals surface area contributed by atoms with Crippen LogP contribution in [0.4, 0.5) is 11.4 Å². The monoisotopic (exact) mass is 396 g/mol. The van der Waals surface area contributed by atoms with Crippen molar-refractivity contribution in [3.8, 4) is 0 Å². The van der Waals surface area contributed by atoms with Gasteiger partial charge in [-0.25, -0.2) is 0 Å². The molecule has 0 unspecified atom stereocenters. The molecule has 0 spiro atoms. The third kappa shape index (κ3) is 9.06. The number of benzene rings is 2. The van der Waals surface area contributed by atoms with Gasteiger partial charge < -0.3 is 15.4 Å². The van der Waals surface area contributed by atoms with Gasteiger partial charge in [0.2, 0.25) is 11.8 Å². The Labute approximate surface area is 171 Å². The lowest BCUT2D eigenvalue weighted by Gasteiger charge is -2.08. The third-order valence-corrected chi connectivity index (χ3v) is 4.27. The van der Waals surface area contributed by atoms with Crippen molar-refractivity contribution in [2.24, 2.45) is 0 Å². The zero-order chi connectivity index (χ0) is 20.9. The van der Waals surface area contributed by atoms with E-state index in [4.69, 9.17) is 4.74 Å². The Hall–Kier alpha value is -3.15. The number of nitrogens with one attached hydrogen (secondary N) is 2. The van der Waals surface area contributed by atoms with Crippen molar-refractivity contribution in [2.45, 2.75) is 45.4 Å². The van der Waals surface area contributed by atoms with Crippen molar-refractivity contribution in [3.05, 3.63) is 60.2 Å². The molecular formula is C23H28N2O4. The van der Waals surface area contributed by atoms with Gasteiger partial charge in [-0.3, -0.25) is 14.4 Å². The first-order valence-corrected chi connectivity index (χ1v) is 9.96. The van der Waals surface area contributed by atoms with Crippen molar-refractivity contribution < 1.29 is 19.1 Å². The Morgan fingerprint density at radius 3 is 2.03 bits per heavy atom. The minimum Gasteiger partial charge on any atom is -0.466 e. The summed E-state index contributed by atoms with van der Waals surface area (Å²) in [6.45, 7) is 2.17. The van der Waals surface area contributed by atoms with Gasteiger partial charge in [0.15, 0.2) is 0 Å². The van der Waals surface area contributed by atoms with Gasteiger partial charge in [0, 0.05) is 30.6 Å². The van der Waals surface area contributed by atoms with Gasteiger partial charge >= 0.3 is 5.97 Å². The van der Waals surface area contributed by atoms with Gasteiger partial charge in [-0.2, -0.15) is 0 Å². The standard InChI is InChI=1S/C23H28N2O4/c1-2-21(26)24-19-13-15-20(16-14-19)25-22(27)11-6-12-23(28)29-17-7-10-18-8-4-3-5-9-18/h3-5,8-9,13-16H,2,6-7,10-12,17H2,1H3,(H,24,26)(H,25,27). The molecule has 2 aromatic carbocycles. The smallest absolute Gasteiger partial charge is 0.305 e. The first kappa shape index (κ1) is 22.1. The molecule has 0 saturated carbocycles. The van der Waals surface area contributed by atoms with E-state index in [0.29, 0.717) is 30.8 Å². The molecule has 0 bridgehead atoms. The zero-order valence-electron chi connectivity index (χ0n) is 16.8. The number of ether oxygens (including phenoxy) is 1. The summed E-state index contributed by atoms with van der Waals surface area (Å²) in [7, 11) is 0. The molecule has 154 valence electrons. The molecule has 2 amide bonds. The highest BCUT2D eigenvalue weighted by molar-refractivity contribution is 5.92. The van der Waals surface area contributed by atoms with Crippen LogP contribution in [0.2, 0.25) is 0 Å². The largest absolute Gasteiger partial charge is 0.466 e. The highest BCUT2D eigenvalue weighted by atomic mass is 16.5. The summed E-state index contributed by atoms with van der Waals surface area (Å²) in [6.07, 6.45) is 2.97. The third-order valence-electron chi connectivity index (χ3n) is 4.27. The fraction of sp³-hybridized carbons (Fsp3) is 0.348. The Morgan fingerprint density at radius 1 is 0.793 bits per heavy atom. The number of hydrogen-bond donors (Lipinski definition) is 2. The Bertz CT molecular complexity index is 788. The average Bonchev–Trinajstić information content (AvgIpc) is 2.73. The van der Waals surface area contributed by atoms with Crippen molar-refractivity contribution in [1.82, 2.24) is 0 Å². The number of carbonyl (C=O) groups excluding carboxylic acids is 3. The SMILES string of the molecule is CCC(=O)Nc1ccc(NC(=O)CCCC(=O)OCCCc2ccccc2)cc1. The lowest BCUT2D eigenvalue weighted by Crippen LogP contribution is -2.13. The predicted molar refractivity (Wildman–Crippen MR) is 114 cm³/mol. The predicted octanol–water partition coefficient (Wildman–Crippen LogP) is 4.32. The Balaban J connectivity index is 1.57. The molecule has 2 aromatic rings. The average molecular weight is 396 g/mol. The van der Waals surface area contributed by atoms with Gasteiger partial charge in [0.25, 0.3) is 0 Å². The molecular weight excluding hydrogens is 368 g/mol. The summed E-state index contributed by atoms with van der Waals surface area (Å²) >= 11 is 0. The summed E-state index contributed by atoms with van der Waals surface area (Å²) in [5, 5.41) is 5.52. The lowest BCUT2D eigenvalue weighted by molar-refractivity contribution is -0.143. The van der Waals surface area contributed by atoms with E-state index in [1.165, 1.54) is 5.56 Å². The van der Waals surface area contributed by atoms with Crippen molar-refractivity contribution in [1.29, 1.82) is 0 Å². The molecule has 6 heteroatoms. The van der Waals surface area contributed by atoms with Crippen LogP contribution in [0.25, 0.3) is 0 Å². The second kappa shape index (κ2) is 12.3. The van der Waals surface area contributed by atoms with E-state index >= 15 is 0 Å². The van der Waals surface area contributed by atoms with E-state index in [2.05, 4.69) is 22.8 Å². The molecule has 0 fully saturated rings. The molecule has 0 heterocycles. The maximum atomic E-state index is 12.0. The highest BCUT2D eigenvalue weighted by Crippen LogP contribution is 2.14. The second-order valence-electron chi connectivity index (χ2n) is 6.69. The number of aryl methyl sites for hydroxylation is 1. The fourth-order valence-electron chi connectivity index (χ4n) is 2.68. The van der Waals surface area contributed by atoms with Gasteiger partial charge in [-0.15, -0.1) is 0 Å². The van der Waals surface area contributed by atoms with Crippen LogP contribution in [-0.4, -0.2) is 24.4 Å². The van der Waals surface area contributed by atoms with Crippen LogP contribution >= 0.6 is 0 Å². The van der Waals surface area contributed by atoms with E-state index in [0.717, 1.165) is 12.8 Å². The summed E-state index contributed by atoms with van der Waals surface area (Å²) < 4.78 is 5.21. The number of hydrogen-bond acceptors (Lipinski definition) is 4. The van der Waals surface area contributed by atoms with E-state index in [9.17, 15) is 14.4 Å². The maximum absolute atomic E-state index is 12.0. The molecule has 0 radical (unpaired) electrons. The lowest BCUT2D eigenvalue weighted by atomic mass is 10.1. The second-order valence-corrected chi connectivity index (χ2v) is 6.69. The fourth-order valence-corrected chi connectivity index (χ4v) is 2.68. The molecule has 6 nitrogen and oxygen atoms in total. The maximum Gasteiger partial charge on any atom is 0.305 e. The summed E-state index contributed by atoms with van der Waals surface area (Å²) in [6, 6.07) is 17.0. The van der Waals surface area contributed by atoms with E-state index < -0.39 is 0 Å². The van der Waals surface area contributed by atoms with Gasteiger partial charge in [-0.1, -0.05) is 37.3 Å². The van der Waals surface area contributed by atoms with E-state index in [1.807, 2.05) is 18.2 Å². The normalized spacial score (nSPS) is 10.2. The van der Waals surface area contributed by atoms with Gasteiger partial charge in [0.05, 0.1) is 6.61 Å². The van der Waals surface area contributed by atoms with Gasteiger partial charge in [-0.05, 0) is 49.1 Å². The number of anilines is 2. The number of esters is 1. The first-order valence-electron chi connectivity index (χ1n) is 9.96. The van der Waals surface area contributed by atoms with Crippen LogP contribution in [0, 0.1) is 0 Å². The van der Waals surface area contributed by atoms with E-state index in [-0.39, 0.29) is 30.6 Å². The highest BCUT2D eigenvalue weighted by Gasteiger charge is 2.07. The topological polar surface area (TPSA) is 84.5 Å². The first-order chi connectivity index (χ1) is 14.1. The number of amides is 2. The van der Waals surface area contributed by atoms with Crippen LogP contribution in [0.1, 0.15) is 44.6 Å². The molecule has 0 aromatic heterocycles. The van der Waals surface area contributed by atoms with Crippen LogP contribution in [0.5, 0.6) is 0 Å². The minimum atomic E-state index is -0.276. The minimum absolute atomic E-state index is 0.0614. The molecule has 0 aliphatic rings.